The van der Waals surface area contributed by atoms with Crippen molar-refractivity contribution in [2.75, 3.05) is 29.5 Å². The number of nitrogen functional groups attached to an aromatic ring is 1. The average Bonchev–Trinajstić information content (AvgIpc) is 2.39. The normalized spacial score (nSPS) is 10.1. The first-order valence-corrected chi connectivity index (χ1v) is 6.17. The van der Waals surface area contributed by atoms with E-state index in [4.69, 9.17) is 5.73 Å². The van der Waals surface area contributed by atoms with Crippen LogP contribution in [0, 0.1) is 5.82 Å². The molecule has 0 heterocycles. The minimum absolute atomic E-state index is 0.167. The first kappa shape index (κ1) is 13.9. The predicted molar refractivity (Wildman–Crippen MR) is 79.2 cm³/mol. The molecule has 0 saturated heterocycles. The van der Waals surface area contributed by atoms with Crippen molar-refractivity contribution in [2.24, 2.45) is 0 Å². The SMILES string of the molecule is CN(CC(=O)Nc1cccc(F)c1)c1ccc(N)cc1. The largest absolute Gasteiger partial charge is 0.399 e. The van der Waals surface area contributed by atoms with E-state index in [2.05, 4.69) is 5.32 Å². The van der Waals surface area contributed by atoms with Crippen LogP contribution in [-0.4, -0.2) is 19.5 Å². The summed E-state index contributed by atoms with van der Waals surface area (Å²) < 4.78 is 13.0. The second-order valence-electron chi connectivity index (χ2n) is 4.51. The summed E-state index contributed by atoms with van der Waals surface area (Å²) in [5.74, 6) is -0.593. The fourth-order valence-electron chi connectivity index (χ4n) is 1.80. The number of hydrogen-bond acceptors (Lipinski definition) is 3. The molecule has 20 heavy (non-hydrogen) atoms. The Morgan fingerprint density at radius 1 is 1.25 bits per heavy atom. The van der Waals surface area contributed by atoms with Crippen LogP contribution < -0.4 is 16.0 Å². The van der Waals surface area contributed by atoms with Crippen molar-refractivity contribution < 1.29 is 9.18 Å². The molecule has 0 aliphatic heterocycles. The maximum Gasteiger partial charge on any atom is 0.243 e. The van der Waals surface area contributed by atoms with Crippen LogP contribution in [0.2, 0.25) is 0 Å². The van der Waals surface area contributed by atoms with E-state index in [1.54, 1.807) is 36.2 Å². The fraction of sp³-hybridized carbons (Fsp3) is 0.133. The summed E-state index contributed by atoms with van der Waals surface area (Å²) in [6.07, 6.45) is 0. The molecule has 0 saturated carbocycles. The van der Waals surface area contributed by atoms with Crippen molar-refractivity contribution in [1.82, 2.24) is 0 Å². The number of carbonyl (C=O) groups excluding carboxylic acids is 1. The van der Waals surface area contributed by atoms with Gasteiger partial charge in [-0.1, -0.05) is 6.07 Å². The average molecular weight is 273 g/mol. The Bertz CT molecular complexity index is 598. The van der Waals surface area contributed by atoms with Crippen molar-refractivity contribution in [3.8, 4) is 0 Å². The zero-order valence-electron chi connectivity index (χ0n) is 11.1. The van der Waals surface area contributed by atoms with Gasteiger partial charge in [-0.3, -0.25) is 4.79 Å². The van der Waals surface area contributed by atoms with Gasteiger partial charge in [0, 0.05) is 24.1 Å². The molecular weight excluding hydrogens is 257 g/mol. The smallest absolute Gasteiger partial charge is 0.243 e. The number of halogens is 1. The number of rotatable bonds is 4. The third kappa shape index (κ3) is 3.71. The molecule has 3 N–H and O–H groups in total. The Hall–Kier alpha value is -2.56. The van der Waals surface area contributed by atoms with Gasteiger partial charge in [-0.25, -0.2) is 4.39 Å². The van der Waals surface area contributed by atoms with E-state index in [1.165, 1.54) is 12.1 Å². The third-order valence-corrected chi connectivity index (χ3v) is 2.82. The van der Waals surface area contributed by atoms with Gasteiger partial charge in [-0.2, -0.15) is 0 Å². The Labute approximate surface area is 117 Å². The third-order valence-electron chi connectivity index (χ3n) is 2.82. The molecule has 0 spiro atoms. The summed E-state index contributed by atoms with van der Waals surface area (Å²) in [6.45, 7) is 0.167. The Balaban J connectivity index is 1.95. The fourth-order valence-corrected chi connectivity index (χ4v) is 1.80. The zero-order chi connectivity index (χ0) is 14.5. The number of nitrogens with two attached hydrogens (primary N) is 1. The highest BCUT2D eigenvalue weighted by atomic mass is 19.1. The van der Waals surface area contributed by atoms with Crippen molar-refractivity contribution >= 4 is 23.0 Å². The highest BCUT2D eigenvalue weighted by molar-refractivity contribution is 5.94. The highest BCUT2D eigenvalue weighted by Gasteiger charge is 2.08. The van der Waals surface area contributed by atoms with Gasteiger partial charge in [0.15, 0.2) is 0 Å². The number of likely N-dealkylation sites (N-methyl/N-ethyl adjacent to an activating group) is 1. The van der Waals surface area contributed by atoms with Crippen LogP contribution in [0.5, 0.6) is 0 Å². The standard InChI is InChI=1S/C15H16FN3O/c1-19(14-7-5-12(17)6-8-14)10-15(20)18-13-4-2-3-11(16)9-13/h2-9H,10,17H2,1H3,(H,18,20). The van der Waals surface area contributed by atoms with Crippen molar-refractivity contribution in [3.05, 3.63) is 54.3 Å². The molecule has 1 amide bonds. The molecule has 0 bridgehead atoms. The molecule has 0 aliphatic rings. The lowest BCUT2D eigenvalue weighted by atomic mass is 10.2. The summed E-state index contributed by atoms with van der Waals surface area (Å²) in [5, 5.41) is 2.65. The monoisotopic (exact) mass is 273 g/mol. The van der Waals surface area contributed by atoms with E-state index in [1.807, 2.05) is 12.1 Å². The van der Waals surface area contributed by atoms with Gasteiger partial charge in [-0.05, 0) is 42.5 Å². The number of carbonyl (C=O) groups is 1. The molecule has 2 rings (SSSR count). The number of hydrogen-bond donors (Lipinski definition) is 2. The van der Waals surface area contributed by atoms with E-state index in [0.717, 1.165) is 5.69 Å². The Kier molecular flexibility index (Phi) is 4.20. The van der Waals surface area contributed by atoms with Crippen molar-refractivity contribution in [3.63, 3.8) is 0 Å². The molecule has 0 aliphatic carbocycles. The minimum Gasteiger partial charge on any atom is -0.399 e. The molecule has 5 heteroatoms. The van der Waals surface area contributed by atoms with Crippen LogP contribution >= 0.6 is 0 Å². The van der Waals surface area contributed by atoms with Gasteiger partial charge >= 0.3 is 0 Å². The molecule has 2 aromatic carbocycles. The summed E-state index contributed by atoms with van der Waals surface area (Å²) in [7, 11) is 1.80. The number of nitrogens with zero attached hydrogens (tertiary/aromatic N) is 1. The molecule has 0 atom stereocenters. The highest BCUT2D eigenvalue weighted by Crippen LogP contribution is 2.15. The molecule has 0 fully saturated rings. The Morgan fingerprint density at radius 3 is 2.60 bits per heavy atom. The predicted octanol–water partition coefficient (Wildman–Crippen LogP) is 2.48. The van der Waals surface area contributed by atoms with Gasteiger partial charge in [-0.15, -0.1) is 0 Å². The van der Waals surface area contributed by atoms with Crippen LogP contribution in [0.3, 0.4) is 0 Å². The molecule has 0 radical (unpaired) electrons. The lowest BCUT2D eigenvalue weighted by Gasteiger charge is -2.18. The zero-order valence-corrected chi connectivity index (χ0v) is 11.1. The number of nitrogens with one attached hydrogen (secondary N) is 1. The Morgan fingerprint density at radius 2 is 1.95 bits per heavy atom. The lowest BCUT2D eigenvalue weighted by molar-refractivity contribution is -0.114. The van der Waals surface area contributed by atoms with Crippen molar-refractivity contribution in [2.45, 2.75) is 0 Å². The molecule has 0 unspecified atom stereocenters. The second kappa shape index (κ2) is 6.06. The topological polar surface area (TPSA) is 58.4 Å². The maximum atomic E-state index is 13.0. The van der Waals surface area contributed by atoms with E-state index in [-0.39, 0.29) is 18.3 Å². The molecule has 104 valence electrons. The van der Waals surface area contributed by atoms with Gasteiger partial charge in [0.05, 0.1) is 6.54 Å². The molecule has 2 aromatic rings. The van der Waals surface area contributed by atoms with Gasteiger partial charge < -0.3 is 16.0 Å². The van der Waals surface area contributed by atoms with Crippen LogP contribution in [0.15, 0.2) is 48.5 Å². The number of benzene rings is 2. The number of amides is 1. The van der Waals surface area contributed by atoms with Crippen LogP contribution in [0.4, 0.5) is 21.5 Å². The molecule has 0 aromatic heterocycles. The van der Waals surface area contributed by atoms with Gasteiger partial charge in [0.1, 0.15) is 5.82 Å². The first-order chi connectivity index (χ1) is 9.54. The van der Waals surface area contributed by atoms with E-state index >= 15 is 0 Å². The van der Waals surface area contributed by atoms with Crippen LogP contribution in [0.25, 0.3) is 0 Å². The van der Waals surface area contributed by atoms with Crippen LogP contribution in [0.1, 0.15) is 0 Å². The van der Waals surface area contributed by atoms with Crippen molar-refractivity contribution in [1.29, 1.82) is 0 Å². The van der Waals surface area contributed by atoms with E-state index in [9.17, 15) is 9.18 Å². The molecule has 4 nitrogen and oxygen atoms in total. The summed E-state index contributed by atoms with van der Waals surface area (Å²) in [4.78, 5) is 13.7. The van der Waals surface area contributed by atoms with Crippen LogP contribution in [-0.2, 0) is 4.79 Å². The number of anilines is 3. The maximum absolute atomic E-state index is 13.0. The quantitative estimate of drug-likeness (QED) is 0.841. The van der Waals surface area contributed by atoms with E-state index < -0.39 is 0 Å². The minimum atomic E-state index is -0.380. The lowest BCUT2D eigenvalue weighted by Crippen LogP contribution is -2.30. The van der Waals surface area contributed by atoms with Gasteiger partial charge in [0.2, 0.25) is 5.91 Å². The van der Waals surface area contributed by atoms with Gasteiger partial charge in [0.25, 0.3) is 0 Å². The summed E-state index contributed by atoms with van der Waals surface area (Å²) in [5.41, 5.74) is 7.61. The summed E-state index contributed by atoms with van der Waals surface area (Å²) in [6, 6.07) is 13.0. The first-order valence-electron chi connectivity index (χ1n) is 6.17. The molecular formula is C15H16FN3O. The summed E-state index contributed by atoms with van der Waals surface area (Å²) >= 11 is 0. The second-order valence-corrected chi connectivity index (χ2v) is 4.51. The van der Waals surface area contributed by atoms with E-state index in [0.29, 0.717) is 11.4 Å².